The molecule has 1 nitrogen and oxygen atoms in total. The minimum absolute atomic E-state index is 0. The molecule has 0 heterocycles. The Kier molecular flexibility index (Phi) is 4.64. The van der Waals surface area contributed by atoms with E-state index in [1.165, 1.54) is 0 Å². The molecule has 0 unspecified atom stereocenters. The van der Waals surface area contributed by atoms with E-state index in [2.05, 4.69) is 0 Å². The van der Waals surface area contributed by atoms with Crippen molar-refractivity contribution in [3.63, 3.8) is 0 Å². The predicted molar refractivity (Wildman–Crippen MR) is 56.9 cm³/mol. The minimum atomic E-state index is -0.00444. The van der Waals surface area contributed by atoms with Gasteiger partial charge < -0.3 is 0 Å². The van der Waals surface area contributed by atoms with Gasteiger partial charge in [-0.25, -0.2) is 0 Å². The van der Waals surface area contributed by atoms with E-state index < -0.39 is 0 Å². The van der Waals surface area contributed by atoms with Crippen molar-refractivity contribution in [1.82, 2.24) is 0 Å². The number of Topliss-reactive ketones (excluding diaryl/α,β-unsaturated/α-hetero) is 1. The maximum absolute atomic E-state index is 11.7. The van der Waals surface area contributed by atoms with Gasteiger partial charge in [0.1, 0.15) is 5.78 Å². The molecule has 0 bridgehead atoms. The van der Waals surface area contributed by atoms with Gasteiger partial charge in [0.25, 0.3) is 0 Å². The van der Waals surface area contributed by atoms with Gasteiger partial charge in [-0.3, -0.25) is 4.79 Å². The molecule has 2 heteroatoms. The van der Waals surface area contributed by atoms with Gasteiger partial charge in [0, 0.05) is 6.42 Å². The van der Waals surface area contributed by atoms with E-state index in [0.29, 0.717) is 6.42 Å². The smallest absolute Gasteiger partial charge is 0.298 e. The molecule has 0 radical (unpaired) electrons. The summed E-state index contributed by atoms with van der Waals surface area (Å²) < 4.78 is 0. The Morgan fingerprint density at radius 2 is 1.67 bits per heavy atom. The molecular formula is C13H12ORu+2. The number of rotatable bonds is 3. The van der Waals surface area contributed by atoms with Gasteiger partial charge in [-0.15, -0.1) is 0 Å². The Labute approximate surface area is 103 Å². The zero-order valence-electron chi connectivity index (χ0n) is 8.24. The summed E-state index contributed by atoms with van der Waals surface area (Å²) in [5, 5.41) is 0. The Hall–Kier alpha value is -1.01. The Balaban J connectivity index is 0.00000112. The van der Waals surface area contributed by atoms with Crippen molar-refractivity contribution < 1.29 is 24.3 Å². The molecule has 0 aliphatic heterocycles. The summed E-state index contributed by atoms with van der Waals surface area (Å²) in [7, 11) is 0. The van der Waals surface area contributed by atoms with Crippen LogP contribution in [-0.2, 0) is 30.7 Å². The summed E-state index contributed by atoms with van der Waals surface area (Å²) in [6, 6.07) is 9.86. The first-order valence-electron chi connectivity index (χ1n) is 4.78. The molecule has 1 aromatic rings. The van der Waals surface area contributed by atoms with Crippen molar-refractivity contribution in [3.8, 4) is 0 Å². The normalized spacial score (nSPS) is 13.9. The third-order valence-corrected chi connectivity index (χ3v) is 2.34. The third kappa shape index (κ3) is 3.25. The van der Waals surface area contributed by atoms with Crippen LogP contribution in [0.4, 0.5) is 0 Å². The molecule has 2 rings (SSSR count). The van der Waals surface area contributed by atoms with Gasteiger partial charge in [0.2, 0.25) is 0 Å². The predicted octanol–water partition coefficient (Wildman–Crippen LogP) is 2.54. The molecule has 0 spiro atoms. The maximum atomic E-state index is 11.7. The van der Waals surface area contributed by atoms with Crippen molar-refractivity contribution in [2.75, 3.05) is 0 Å². The van der Waals surface area contributed by atoms with E-state index in [4.69, 9.17) is 0 Å². The second-order valence-corrected chi connectivity index (χ2v) is 3.42. The van der Waals surface area contributed by atoms with E-state index in [1.54, 1.807) is 0 Å². The maximum Gasteiger partial charge on any atom is 2.00 e. The molecule has 0 fully saturated rings. The van der Waals surface area contributed by atoms with Crippen molar-refractivity contribution in [1.29, 1.82) is 0 Å². The molecule has 0 amide bonds. The standard InChI is InChI=1S/C13H12O.Ru/c14-13(12-8-4-5-9-12)10-11-6-2-1-3-7-11;/h1-9,12H,10H2;/q;+2. The molecule has 0 atom stereocenters. The monoisotopic (exact) mass is 286 g/mol. The van der Waals surface area contributed by atoms with Gasteiger partial charge >= 0.3 is 19.5 Å². The number of ketones is 1. The molecule has 0 aromatic heterocycles. The van der Waals surface area contributed by atoms with E-state index >= 15 is 0 Å². The van der Waals surface area contributed by atoms with Crippen molar-refractivity contribution in [3.05, 3.63) is 60.2 Å². The van der Waals surface area contributed by atoms with E-state index in [0.717, 1.165) is 5.56 Å². The molecule has 1 aliphatic rings. The first-order chi connectivity index (χ1) is 6.86. The average Bonchev–Trinajstić information content (AvgIpc) is 2.72. The zero-order valence-corrected chi connectivity index (χ0v) is 9.98. The van der Waals surface area contributed by atoms with Crippen LogP contribution < -0.4 is 0 Å². The summed E-state index contributed by atoms with van der Waals surface area (Å²) in [6.07, 6.45) is 8.25. The SMILES string of the molecule is O=C(Cc1ccccc1)C1C=CC=C1.[Ru+2]. The van der Waals surface area contributed by atoms with Crippen LogP contribution in [0.25, 0.3) is 0 Å². The summed E-state index contributed by atoms with van der Waals surface area (Å²) in [5.41, 5.74) is 1.09. The van der Waals surface area contributed by atoms with Gasteiger partial charge in [-0.05, 0) is 5.56 Å². The molecule has 76 valence electrons. The van der Waals surface area contributed by atoms with Crippen molar-refractivity contribution in [2.24, 2.45) is 5.92 Å². The molecule has 0 saturated heterocycles. The summed E-state index contributed by atoms with van der Waals surface area (Å²) >= 11 is 0. The van der Waals surface area contributed by atoms with Crippen LogP contribution in [0.15, 0.2) is 54.6 Å². The number of allylic oxidation sites excluding steroid dienone is 4. The molecular weight excluding hydrogens is 273 g/mol. The quantitative estimate of drug-likeness (QED) is 0.780. The molecule has 1 aliphatic carbocycles. The Bertz CT molecular complexity index is 367. The molecule has 0 N–H and O–H groups in total. The zero-order chi connectivity index (χ0) is 9.80. The second-order valence-electron chi connectivity index (χ2n) is 3.42. The fraction of sp³-hybridized carbons (Fsp3) is 0.154. The molecule has 15 heavy (non-hydrogen) atoms. The summed E-state index contributed by atoms with van der Waals surface area (Å²) in [6.45, 7) is 0. The fourth-order valence-electron chi connectivity index (χ4n) is 1.56. The molecule has 0 saturated carbocycles. The van der Waals surface area contributed by atoms with Crippen LogP contribution in [0, 0.1) is 5.92 Å². The van der Waals surface area contributed by atoms with Crippen LogP contribution in [0.1, 0.15) is 5.56 Å². The number of benzene rings is 1. The van der Waals surface area contributed by atoms with E-state index in [1.807, 2.05) is 54.6 Å². The van der Waals surface area contributed by atoms with Crippen LogP contribution >= 0.6 is 0 Å². The van der Waals surface area contributed by atoms with Gasteiger partial charge in [0.05, 0.1) is 5.92 Å². The fourth-order valence-corrected chi connectivity index (χ4v) is 1.56. The minimum Gasteiger partial charge on any atom is -0.298 e. The van der Waals surface area contributed by atoms with E-state index in [-0.39, 0.29) is 31.2 Å². The first-order valence-corrected chi connectivity index (χ1v) is 4.78. The topological polar surface area (TPSA) is 17.1 Å². The third-order valence-electron chi connectivity index (χ3n) is 2.34. The number of hydrogen-bond donors (Lipinski definition) is 0. The largest absolute Gasteiger partial charge is 2.00 e. The van der Waals surface area contributed by atoms with Crippen LogP contribution in [0.5, 0.6) is 0 Å². The number of carbonyl (C=O) groups excluding carboxylic acids is 1. The van der Waals surface area contributed by atoms with Crippen molar-refractivity contribution in [2.45, 2.75) is 6.42 Å². The van der Waals surface area contributed by atoms with Crippen LogP contribution in [0.3, 0.4) is 0 Å². The van der Waals surface area contributed by atoms with Gasteiger partial charge in [0.15, 0.2) is 0 Å². The van der Waals surface area contributed by atoms with Gasteiger partial charge in [-0.2, -0.15) is 0 Å². The molecule has 1 aromatic carbocycles. The van der Waals surface area contributed by atoms with Gasteiger partial charge in [-0.1, -0.05) is 54.6 Å². The van der Waals surface area contributed by atoms with Crippen LogP contribution in [-0.4, -0.2) is 5.78 Å². The number of carbonyl (C=O) groups is 1. The number of hydrogen-bond acceptors (Lipinski definition) is 1. The second kappa shape index (κ2) is 5.77. The first kappa shape index (κ1) is 12.1. The summed E-state index contributed by atoms with van der Waals surface area (Å²) in [5.74, 6) is 0.261. The Morgan fingerprint density at radius 1 is 1.07 bits per heavy atom. The van der Waals surface area contributed by atoms with E-state index in [9.17, 15) is 4.79 Å². The van der Waals surface area contributed by atoms with Crippen LogP contribution in [0.2, 0.25) is 0 Å². The average molecular weight is 285 g/mol. The summed E-state index contributed by atoms with van der Waals surface area (Å²) in [4.78, 5) is 11.7. The Morgan fingerprint density at radius 3 is 2.27 bits per heavy atom. The van der Waals surface area contributed by atoms with Crippen molar-refractivity contribution >= 4 is 5.78 Å².